The molecule has 1 saturated heterocycles. The zero-order valence-corrected chi connectivity index (χ0v) is 16.1. The molecule has 1 atom stereocenters. The molecule has 0 spiro atoms. The molecule has 0 bridgehead atoms. The number of rotatable bonds is 4. The second-order valence-corrected chi connectivity index (χ2v) is 7.87. The van der Waals surface area contributed by atoms with Crippen molar-refractivity contribution < 1.29 is 13.3 Å². The van der Waals surface area contributed by atoms with Gasteiger partial charge in [-0.05, 0) is 6.07 Å². The smallest absolute Gasteiger partial charge is 0.271 e. The number of imidazole rings is 1. The molecule has 2 heterocycles. The molecule has 9 nitrogen and oxygen atoms in total. The molecular weight excluding hydrogens is 405 g/mol. The first-order chi connectivity index (χ1) is 11.8. The molecule has 1 aromatic heterocycles. The SMILES string of the molecule is Cl.Cn1ccnc1C1CNCCN1S(=O)(=O)c1ccc([N+](=O)[O-])cc1Cl. The van der Waals surface area contributed by atoms with Gasteiger partial charge in [0.2, 0.25) is 10.0 Å². The molecule has 2 aromatic rings. The van der Waals surface area contributed by atoms with Crippen molar-refractivity contribution in [2.24, 2.45) is 7.05 Å². The zero-order chi connectivity index (χ0) is 18.2. The number of aryl methyl sites for hydroxylation is 1. The number of nitro groups is 1. The highest BCUT2D eigenvalue weighted by Crippen LogP contribution is 2.33. The van der Waals surface area contributed by atoms with Crippen LogP contribution in [0.4, 0.5) is 5.69 Å². The Balaban J connectivity index is 0.00000243. The van der Waals surface area contributed by atoms with Gasteiger partial charge in [0.15, 0.2) is 0 Å². The van der Waals surface area contributed by atoms with Crippen LogP contribution < -0.4 is 5.32 Å². The molecule has 3 rings (SSSR count). The lowest BCUT2D eigenvalue weighted by Gasteiger charge is -2.34. The van der Waals surface area contributed by atoms with Crippen molar-refractivity contribution in [3.05, 3.63) is 51.6 Å². The molecule has 12 heteroatoms. The van der Waals surface area contributed by atoms with Gasteiger partial charge in [-0.3, -0.25) is 10.1 Å². The zero-order valence-electron chi connectivity index (χ0n) is 13.7. The summed E-state index contributed by atoms with van der Waals surface area (Å²) in [6.07, 6.45) is 3.35. The van der Waals surface area contributed by atoms with E-state index in [1.54, 1.807) is 24.0 Å². The van der Waals surface area contributed by atoms with E-state index in [1.807, 2.05) is 0 Å². The largest absolute Gasteiger partial charge is 0.337 e. The van der Waals surface area contributed by atoms with Crippen molar-refractivity contribution in [3.8, 4) is 0 Å². The van der Waals surface area contributed by atoms with Crippen molar-refractivity contribution in [3.63, 3.8) is 0 Å². The number of benzene rings is 1. The highest BCUT2D eigenvalue weighted by Gasteiger charge is 2.37. The van der Waals surface area contributed by atoms with Gasteiger partial charge in [0.1, 0.15) is 10.7 Å². The number of halogens is 2. The normalized spacial score (nSPS) is 18.3. The van der Waals surface area contributed by atoms with Crippen LogP contribution in [0.5, 0.6) is 0 Å². The first kappa shape index (κ1) is 20.6. The van der Waals surface area contributed by atoms with Crippen LogP contribution in [0.15, 0.2) is 35.5 Å². The van der Waals surface area contributed by atoms with Crippen LogP contribution in [0.25, 0.3) is 0 Å². The molecule has 1 aliphatic heterocycles. The molecule has 0 amide bonds. The van der Waals surface area contributed by atoms with Gasteiger partial charge in [0.05, 0.1) is 16.0 Å². The second-order valence-electron chi connectivity index (χ2n) is 5.60. The van der Waals surface area contributed by atoms with Gasteiger partial charge >= 0.3 is 0 Å². The Morgan fingerprint density at radius 1 is 1.42 bits per heavy atom. The molecular formula is C14H17Cl2N5O4S. The molecule has 0 aliphatic carbocycles. The van der Waals surface area contributed by atoms with Crippen LogP contribution in [0, 0.1) is 10.1 Å². The van der Waals surface area contributed by atoms with Crippen molar-refractivity contribution in [2.75, 3.05) is 19.6 Å². The van der Waals surface area contributed by atoms with Crippen LogP contribution in [-0.2, 0) is 17.1 Å². The number of nitrogens with zero attached hydrogens (tertiary/aromatic N) is 4. The fourth-order valence-electron chi connectivity index (χ4n) is 2.83. The second kappa shape index (κ2) is 7.89. The van der Waals surface area contributed by atoms with E-state index < -0.39 is 21.0 Å². The van der Waals surface area contributed by atoms with E-state index in [1.165, 1.54) is 10.4 Å². The number of piperazine rings is 1. The molecule has 26 heavy (non-hydrogen) atoms. The summed E-state index contributed by atoms with van der Waals surface area (Å²) < 4.78 is 29.3. The van der Waals surface area contributed by atoms with E-state index in [0.29, 0.717) is 18.9 Å². The molecule has 0 saturated carbocycles. The van der Waals surface area contributed by atoms with Gasteiger partial charge in [0.25, 0.3) is 5.69 Å². The Bertz CT molecular complexity index is 918. The molecule has 1 aromatic carbocycles. The first-order valence-electron chi connectivity index (χ1n) is 7.46. The molecule has 0 radical (unpaired) electrons. The van der Waals surface area contributed by atoms with Gasteiger partial charge in [-0.1, -0.05) is 11.6 Å². The lowest BCUT2D eigenvalue weighted by molar-refractivity contribution is -0.384. The Morgan fingerprint density at radius 2 is 2.15 bits per heavy atom. The monoisotopic (exact) mass is 421 g/mol. The maximum absolute atomic E-state index is 13.1. The van der Waals surface area contributed by atoms with Crippen LogP contribution in [0.1, 0.15) is 11.9 Å². The minimum absolute atomic E-state index is 0. The Morgan fingerprint density at radius 3 is 2.73 bits per heavy atom. The number of nitro benzene ring substituents is 1. The van der Waals surface area contributed by atoms with Crippen molar-refractivity contribution >= 4 is 39.7 Å². The predicted octanol–water partition coefficient (Wildman–Crippen LogP) is 1.74. The maximum atomic E-state index is 13.1. The lowest BCUT2D eigenvalue weighted by Crippen LogP contribution is -2.49. The summed E-state index contributed by atoms with van der Waals surface area (Å²) in [5.41, 5.74) is -0.259. The summed E-state index contributed by atoms with van der Waals surface area (Å²) in [6, 6.07) is 2.86. The van der Waals surface area contributed by atoms with Gasteiger partial charge < -0.3 is 9.88 Å². The lowest BCUT2D eigenvalue weighted by atomic mass is 10.2. The Kier molecular flexibility index (Phi) is 6.25. The summed E-state index contributed by atoms with van der Waals surface area (Å²) in [7, 11) is -2.15. The average molecular weight is 422 g/mol. The molecule has 1 aliphatic rings. The third-order valence-corrected chi connectivity index (χ3v) is 6.45. The van der Waals surface area contributed by atoms with Crippen molar-refractivity contribution in [1.29, 1.82) is 0 Å². The number of sulfonamides is 1. The third-order valence-electron chi connectivity index (χ3n) is 4.06. The average Bonchev–Trinajstić information content (AvgIpc) is 3.00. The van der Waals surface area contributed by atoms with Crippen molar-refractivity contribution in [1.82, 2.24) is 19.2 Å². The van der Waals surface area contributed by atoms with Crippen LogP contribution >= 0.6 is 24.0 Å². The summed E-state index contributed by atoms with van der Waals surface area (Å²) in [4.78, 5) is 14.3. The quantitative estimate of drug-likeness (QED) is 0.594. The highest BCUT2D eigenvalue weighted by molar-refractivity contribution is 7.89. The fourth-order valence-corrected chi connectivity index (χ4v) is 4.93. The summed E-state index contributed by atoms with van der Waals surface area (Å²) in [5.74, 6) is 0.605. The van der Waals surface area contributed by atoms with E-state index in [2.05, 4.69) is 10.3 Å². The molecule has 142 valence electrons. The van der Waals surface area contributed by atoms with Crippen LogP contribution in [0.2, 0.25) is 5.02 Å². The summed E-state index contributed by atoms with van der Waals surface area (Å²) >= 11 is 6.03. The van der Waals surface area contributed by atoms with E-state index in [-0.39, 0.29) is 34.6 Å². The maximum Gasteiger partial charge on any atom is 0.271 e. The summed E-state index contributed by atoms with van der Waals surface area (Å²) in [6.45, 7) is 1.15. The van der Waals surface area contributed by atoms with E-state index in [9.17, 15) is 18.5 Å². The number of hydrogen-bond acceptors (Lipinski definition) is 6. The van der Waals surface area contributed by atoms with Crippen LogP contribution in [-0.4, -0.2) is 46.8 Å². The molecule has 1 N–H and O–H groups in total. The van der Waals surface area contributed by atoms with Gasteiger partial charge in [-0.2, -0.15) is 4.31 Å². The number of non-ortho nitro benzene ring substituents is 1. The fraction of sp³-hybridized carbons (Fsp3) is 0.357. The van der Waals surface area contributed by atoms with E-state index in [4.69, 9.17) is 11.6 Å². The predicted molar refractivity (Wildman–Crippen MR) is 98.1 cm³/mol. The highest BCUT2D eigenvalue weighted by atomic mass is 35.5. The van der Waals surface area contributed by atoms with Crippen LogP contribution in [0.3, 0.4) is 0 Å². The minimum atomic E-state index is -3.94. The van der Waals surface area contributed by atoms with Crippen molar-refractivity contribution in [2.45, 2.75) is 10.9 Å². The standard InChI is InChI=1S/C14H16ClN5O4S.ClH/c1-18-6-5-17-14(18)12-9-16-4-7-19(12)25(23,24)13-3-2-10(20(21)22)8-11(13)15;/h2-3,5-6,8,12,16H,4,7,9H2,1H3;1H. The topological polar surface area (TPSA) is 110 Å². The minimum Gasteiger partial charge on any atom is -0.337 e. The first-order valence-corrected chi connectivity index (χ1v) is 9.28. The van der Waals surface area contributed by atoms with Gasteiger partial charge in [0, 0.05) is 51.2 Å². The van der Waals surface area contributed by atoms with Gasteiger partial charge in [-0.15, -0.1) is 12.4 Å². The number of hydrogen-bond donors (Lipinski definition) is 1. The summed E-state index contributed by atoms with van der Waals surface area (Å²) in [5, 5.41) is 13.8. The number of nitrogens with one attached hydrogen (secondary N) is 1. The third kappa shape index (κ3) is 3.69. The van der Waals surface area contributed by atoms with Gasteiger partial charge in [-0.25, -0.2) is 13.4 Å². The number of aromatic nitrogens is 2. The van der Waals surface area contributed by atoms with E-state index >= 15 is 0 Å². The van der Waals surface area contributed by atoms with E-state index in [0.717, 1.165) is 12.1 Å². The molecule has 1 unspecified atom stereocenters. The Hall–Kier alpha value is -1.72. The molecule has 1 fully saturated rings. The Labute approximate surface area is 161 Å².